The van der Waals surface area contributed by atoms with Crippen molar-refractivity contribution in [1.82, 2.24) is 5.32 Å². The van der Waals surface area contributed by atoms with Crippen LogP contribution in [0.1, 0.15) is 46.9 Å². The lowest BCUT2D eigenvalue weighted by Crippen LogP contribution is -2.27. The molecule has 2 aromatic carbocycles. The smallest absolute Gasteiger partial charge is 0.251 e. The van der Waals surface area contributed by atoms with E-state index in [1.54, 1.807) is 12.1 Å². The van der Waals surface area contributed by atoms with E-state index in [0.717, 1.165) is 11.1 Å². The van der Waals surface area contributed by atoms with E-state index in [0.29, 0.717) is 17.9 Å². The molecule has 0 saturated heterocycles. The number of aryl methyl sites for hydroxylation is 2. The zero-order valence-corrected chi connectivity index (χ0v) is 14.8. The molecule has 0 aromatic heterocycles. The van der Waals surface area contributed by atoms with E-state index in [4.69, 9.17) is 4.74 Å². The predicted octanol–water partition coefficient (Wildman–Crippen LogP) is 4.75. The van der Waals surface area contributed by atoms with Crippen LogP contribution in [0, 0.1) is 13.8 Å². The molecule has 0 heterocycles. The molecule has 0 aliphatic carbocycles. The van der Waals surface area contributed by atoms with Crippen molar-refractivity contribution in [1.29, 1.82) is 0 Å². The number of rotatable bonds is 6. The number of hydrogen-bond donors (Lipinski definition) is 1. The van der Waals surface area contributed by atoms with E-state index < -0.39 is 0 Å². The molecule has 2 rings (SSSR count). The summed E-state index contributed by atoms with van der Waals surface area (Å²) in [5, 5.41) is 3.05. The Kier molecular flexibility index (Phi) is 5.80. The third-order valence-electron chi connectivity index (χ3n) is 3.82. The van der Waals surface area contributed by atoms with Gasteiger partial charge in [0.2, 0.25) is 0 Å². The normalized spacial score (nSPS) is 11.7. The van der Waals surface area contributed by atoms with E-state index in [1.165, 1.54) is 11.1 Å². The van der Waals surface area contributed by atoms with Gasteiger partial charge in [-0.2, -0.15) is 0 Å². The molecule has 0 aliphatic rings. The fraction of sp³-hybridized carbons (Fsp3) is 0.286. The van der Waals surface area contributed by atoms with Gasteiger partial charge in [0, 0.05) is 5.56 Å². The first-order chi connectivity index (χ1) is 11.4. The fourth-order valence-electron chi connectivity index (χ4n) is 2.60. The van der Waals surface area contributed by atoms with Gasteiger partial charge in [-0.15, -0.1) is 0 Å². The van der Waals surface area contributed by atoms with E-state index in [1.807, 2.05) is 26.0 Å². The molecular formula is C21H25NO2. The van der Waals surface area contributed by atoms with Crippen LogP contribution in [-0.2, 0) is 0 Å². The summed E-state index contributed by atoms with van der Waals surface area (Å²) in [6, 6.07) is 13.4. The Morgan fingerprint density at radius 2 is 1.96 bits per heavy atom. The molecule has 24 heavy (non-hydrogen) atoms. The first-order valence-corrected chi connectivity index (χ1v) is 8.12. The van der Waals surface area contributed by atoms with Gasteiger partial charge >= 0.3 is 0 Å². The molecule has 126 valence electrons. The van der Waals surface area contributed by atoms with Gasteiger partial charge in [0.05, 0.1) is 6.04 Å². The molecule has 1 amide bonds. The van der Waals surface area contributed by atoms with Crippen molar-refractivity contribution in [2.75, 3.05) is 6.61 Å². The number of hydrogen-bond acceptors (Lipinski definition) is 2. The van der Waals surface area contributed by atoms with Crippen LogP contribution in [-0.4, -0.2) is 12.5 Å². The quantitative estimate of drug-likeness (QED) is 0.779. The van der Waals surface area contributed by atoms with Crippen LogP contribution in [0.25, 0.3) is 0 Å². The number of carbonyl (C=O) groups is 1. The first-order valence-electron chi connectivity index (χ1n) is 8.12. The van der Waals surface area contributed by atoms with Gasteiger partial charge in [-0.05, 0) is 62.6 Å². The van der Waals surface area contributed by atoms with Gasteiger partial charge in [-0.25, -0.2) is 0 Å². The molecular weight excluding hydrogens is 298 g/mol. The van der Waals surface area contributed by atoms with Crippen LogP contribution >= 0.6 is 0 Å². The van der Waals surface area contributed by atoms with E-state index >= 15 is 0 Å². The molecule has 1 atom stereocenters. The molecule has 2 aromatic rings. The third kappa shape index (κ3) is 4.72. The van der Waals surface area contributed by atoms with Gasteiger partial charge < -0.3 is 10.1 Å². The minimum Gasteiger partial charge on any atom is -0.489 e. The standard InChI is InChI=1S/C21H25NO2/c1-14(2)13-24-19-8-6-7-18(12-19)21(23)22-17(5)20-10-9-15(3)11-16(20)4/h6-12,17H,1,13H2,2-5H3,(H,22,23). The average Bonchev–Trinajstić information content (AvgIpc) is 2.53. The minimum absolute atomic E-state index is 0.0573. The van der Waals surface area contributed by atoms with Crippen molar-refractivity contribution in [3.63, 3.8) is 0 Å². The molecule has 0 aliphatic heterocycles. The number of benzene rings is 2. The number of amides is 1. The second-order valence-electron chi connectivity index (χ2n) is 6.33. The van der Waals surface area contributed by atoms with Crippen LogP contribution in [0.2, 0.25) is 0 Å². The SMILES string of the molecule is C=C(C)COc1cccc(C(=O)NC(C)c2ccc(C)cc2C)c1. The summed E-state index contributed by atoms with van der Waals surface area (Å²) in [5.41, 5.74) is 5.06. The van der Waals surface area contributed by atoms with Crippen LogP contribution in [0.4, 0.5) is 0 Å². The summed E-state index contributed by atoms with van der Waals surface area (Å²) in [6.07, 6.45) is 0. The van der Waals surface area contributed by atoms with E-state index in [2.05, 4.69) is 43.9 Å². The molecule has 3 heteroatoms. The Balaban J connectivity index is 2.08. The lowest BCUT2D eigenvalue weighted by molar-refractivity contribution is 0.0939. The first kappa shape index (κ1) is 17.8. The molecule has 0 fully saturated rings. The predicted molar refractivity (Wildman–Crippen MR) is 98.5 cm³/mol. The summed E-state index contributed by atoms with van der Waals surface area (Å²) in [4.78, 5) is 12.5. The number of nitrogens with one attached hydrogen (secondary N) is 1. The minimum atomic E-state index is -0.108. The molecule has 1 N–H and O–H groups in total. The highest BCUT2D eigenvalue weighted by atomic mass is 16.5. The Morgan fingerprint density at radius 3 is 2.62 bits per heavy atom. The van der Waals surface area contributed by atoms with Crippen LogP contribution in [0.5, 0.6) is 5.75 Å². The summed E-state index contributed by atoms with van der Waals surface area (Å²) >= 11 is 0. The number of carbonyl (C=O) groups excluding carboxylic acids is 1. The van der Waals surface area contributed by atoms with Crippen LogP contribution in [0.3, 0.4) is 0 Å². The molecule has 1 unspecified atom stereocenters. The van der Waals surface area contributed by atoms with Crippen LogP contribution < -0.4 is 10.1 Å². The molecule has 0 radical (unpaired) electrons. The third-order valence-corrected chi connectivity index (χ3v) is 3.82. The Bertz CT molecular complexity index is 749. The lowest BCUT2D eigenvalue weighted by atomic mass is 10.00. The second-order valence-corrected chi connectivity index (χ2v) is 6.33. The molecule has 0 spiro atoms. The topological polar surface area (TPSA) is 38.3 Å². The van der Waals surface area contributed by atoms with Crippen LogP contribution in [0.15, 0.2) is 54.6 Å². The number of ether oxygens (including phenoxy) is 1. The van der Waals surface area contributed by atoms with Gasteiger partial charge in [0.1, 0.15) is 12.4 Å². The van der Waals surface area contributed by atoms with Crippen molar-refractivity contribution in [2.24, 2.45) is 0 Å². The Hall–Kier alpha value is -2.55. The average molecular weight is 323 g/mol. The summed E-state index contributed by atoms with van der Waals surface area (Å²) in [5.74, 6) is 0.563. The highest BCUT2D eigenvalue weighted by Gasteiger charge is 2.13. The van der Waals surface area contributed by atoms with Crippen molar-refractivity contribution in [3.8, 4) is 5.75 Å². The van der Waals surface area contributed by atoms with Gasteiger partial charge in [0.15, 0.2) is 0 Å². The zero-order chi connectivity index (χ0) is 17.7. The van der Waals surface area contributed by atoms with Crippen molar-refractivity contribution in [2.45, 2.75) is 33.7 Å². The van der Waals surface area contributed by atoms with Gasteiger partial charge in [-0.3, -0.25) is 4.79 Å². The monoisotopic (exact) mass is 323 g/mol. The van der Waals surface area contributed by atoms with Gasteiger partial charge in [0.25, 0.3) is 5.91 Å². The molecule has 3 nitrogen and oxygen atoms in total. The molecule has 0 bridgehead atoms. The van der Waals surface area contributed by atoms with Crippen molar-refractivity contribution in [3.05, 3.63) is 76.9 Å². The Labute approximate surface area is 144 Å². The highest BCUT2D eigenvalue weighted by Crippen LogP contribution is 2.20. The van der Waals surface area contributed by atoms with E-state index in [-0.39, 0.29) is 11.9 Å². The summed E-state index contributed by atoms with van der Waals surface area (Å²) in [6.45, 7) is 12.3. The van der Waals surface area contributed by atoms with Crippen molar-refractivity contribution >= 4 is 5.91 Å². The summed E-state index contributed by atoms with van der Waals surface area (Å²) < 4.78 is 5.60. The largest absolute Gasteiger partial charge is 0.489 e. The zero-order valence-electron chi connectivity index (χ0n) is 14.8. The fourth-order valence-corrected chi connectivity index (χ4v) is 2.60. The second kappa shape index (κ2) is 7.82. The van der Waals surface area contributed by atoms with Gasteiger partial charge in [-0.1, -0.05) is 36.4 Å². The maximum Gasteiger partial charge on any atom is 0.251 e. The Morgan fingerprint density at radius 1 is 1.21 bits per heavy atom. The maximum atomic E-state index is 12.5. The lowest BCUT2D eigenvalue weighted by Gasteiger charge is -2.17. The summed E-state index contributed by atoms with van der Waals surface area (Å²) in [7, 11) is 0. The molecule has 0 saturated carbocycles. The van der Waals surface area contributed by atoms with E-state index in [9.17, 15) is 4.79 Å². The van der Waals surface area contributed by atoms with Crippen molar-refractivity contribution < 1.29 is 9.53 Å². The maximum absolute atomic E-state index is 12.5. The highest BCUT2D eigenvalue weighted by molar-refractivity contribution is 5.94.